The highest BCUT2D eigenvalue weighted by atomic mass is 16.5. The van der Waals surface area contributed by atoms with Crippen molar-refractivity contribution in [1.82, 2.24) is 9.97 Å². The maximum absolute atomic E-state index is 10.2. The minimum Gasteiger partial charge on any atom is -0.492 e. The van der Waals surface area contributed by atoms with Crippen LogP contribution in [0.5, 0.6) is 5.75 Å². The number of rotatable bonds is 5. The minimum atomic E-state index is -0.774. The molecule has 1 N–H and O–H groups in total. The van der Waals surface area contributed by atoms with E-state index in [-0.39, 0.29) is 0 Å². The maximum Gasteiger partial charge on any atom is 0.137 e. The van der Waals surface area contributed by atoms with E-state index in [0.29, 0.717) is 23.6 Å². The van der Waals surface area contributed by atoms with Crippen LogP contribution >= 0.6 is 0 Å². The van der Waals surface area contributed by atoms with Gasteiger partial charge in [0.2, 0.25) is 0 Å². The van der Waals surface area contributed by atoms with Gasteiger partial charge in [-0.05, 0) is 24.6 Å². The van der Waals surface area contributed by atoms with Gasteiger partial charge in [0.1, 0.15) is 11.9 Å². The second-order valence-electron chi connectivity index (χ2n) is 3.96. The van der Waals surface area contributed by atoms with Gasteiger partial charge in [-0.15, -0.1) is 0 Å². The number of pyridine rings is 2. The summed E-state index contributed by atoms with van der Waals surface area (Å²) in [5.74, 6) is 0.671. The fraction of sp³-hybridized carbons (Fsp3) is 0.286. The minimum absolute atomic E-state index is 0.604. The summed E-state index contributed by atoms with van der Waals surface area (Å²) in [4.78, 5) is 8.20. The summed E-state index contributed by atoms with van der Waals surface area (Å²) in [7, 11) is 0. The predicted octanol–water partition coefficient (Wildman–Crippen LogP) is 2.35. The molecule has 2 aromatic heterocycles. The van der Waals surface area contributed by atoms with Gasteiger partial charge in [0, 0.05) is 18.0 Å². The van der Waals surface area contributed by atoms with Gasteiger partial charge in [0.05, 0.1) is 18.5 Å². The van der Waals surface area contributed by atoms with Crippen LogP contribution in [-0.2, 0) is 0 Å². The van der Waals surface area contributed by atoms with Crippen LogP contribution in [0.4, 0.5) is 0 Å². The van der Waals surface area contributed by atoms with E-state index in [1.165, 1.54) is 0 Å². The number of hydrogen-bond donors (Lipinski definition) is 1. The molecule has 0 aliphatic carbocycles. The average Bonchev–Trinajstić information content (AvgIpc) is 2.45. The Labute approximate surface area is 106 Å². The Morgan fingerprint density at radius 1 is 1.33 bits per heavy atom. The van der Waals surface area contributed by atoms with E-state index in [1.807, 2.05) is 19.1 Å². The van der Waals surface area contributed by atoms with Crippen molar-refractivity contribution in [2.45, 2.75) is 19.4 Å². The van der Waals surface area contributed by atoms with Crippen LogP contribution in [0.1, 0.15) is 30.7 Å². The third-order valence-corrected chi connectivity index (χ3v) is 2.49. The molecule has 0 bridgehead atoms. The lowest BCUT2D eigenvalue weighted by atomic mass is 10.1. The average molecular weight is 244 g/mol. The van der Waals surface area contributed by atoms with Crippen LogP contribution in [0.15, 0.2) is 42.9 Å². The van der Waals surface area contributed by atoms with E-state index in [1.54, 1.807) is 30.7 Å². The Morgan fingerprint density at radius 2 is 2.22 bits per heavy atom. The van der Waals surface area contributed by atoms with Gasteiger partial charge in [0.15, 0.2) is 0 Å². The van der Waals surface area contributed by atoms with E-state index >= 15 is 0 Å². The predicted molar refractivity (Wildman–Crippen MR) is 68.3 cm³/mol. The lowest BCUT2D eigenvalue weighted by molar-refractivity contribution is 0.214. The van der Waals surface area contributed by atoms with Crippen LogP contribution in [0.2, 0.25) is 0 Å². The van der Waals surface area contributed by atoms with Crippen LogP contribution in [0.3, 0.4) is 0 Å². The number of nitrogens with zero attached hydrogens (tertiary/aromatic N) is 2. The SMILES string of the molecule is CCCOc1cncc(C(O)c2ccccn2)c1. The van der Waals surface area contributed by atoms with Crippen molar-refractivity contribution >= 4 is 0 Å². The maximum atomic E-state index is 10.2. The second kappa shape index (κ2) is 6.12. The van der Waals surface area contributed by atoms with Crippen molar-refractivity contribution in [2.24, 2.45) is 0 Å². The highest BCUT2D eigenvalue weighted by Gasteiger charge is 2.12. The first kappa shape index (κ1) is 12.5. The molecule has 1 atom stereocenters. The van der Waals surface area contributed by atoms with Crippen molar-refractivity contribution in [3.63, 3.8) is 0 Å². The first-order valence-electron chi connectivity index (χ1n) is 5.98. The Balaban J connectivity index is 2.17. The highest BCUT2D eigenvalue weighted by Crippen LogP contribution is 2.22. The zero-order valence-electron chi connectivity index (χ0n) is 10.3. The topological polar surface area (TPSA) is 55.2 Å². The summed E-state index contributed by atoms with van der Waals surface area (Å²) < 4.78 is 5.49. The molecule has 94 valence electrons. The Kier molecular flexibility index (Phi) is 4.25. The van der Waals surface area contributed by atoms with Crippen LogP contribution in [0.25, 0.3) is 0 Å². The molecule has 4 nitrogen and oxygen atoms in total. The van der Waals surface area contributed by atoms with Gasteiger partial charge < -0.3 is 9.84 Å². The van der Waals surface area contributed by atoms with Crippen molar-refractivity contribution in [3.8, 4) is 5.75 Å². The molecule has 0 amide bonds. The number of ether oxygens (including phenoxy) is 1. The number of hydrogen-bond acceptors (Lipinski definition) is 4. The molecule has 0 radical (unpaired) electrons. The molecule has 2 heterocycles. The first-order valence-corrected chi connectivity index (χ1v) is 5.98. The lowest BCUT2D eigenvalue weighted by Gasteiger charge is -2.11. The normalized spacial score (nSPS) is 12.1. The fourth-order valence-corrected chi connectivity index (χ4v) is 1.59. The van der Waals surface area contributed by atoms with E-state index in [0.717, 1.165) is 6.42 Å². The zero-order valence-corrected chi connectivity index (χ0v) is 10.3. The molecule has 0 saturated carbocycles. The molecule has 18 heavy (non-hydrogen) atoms. The molecule has 0 aromatic carbocycles. The largest absolute Gasteiger partial charge is 0.492 e. The quantitative estimate of drug-likeness (QED) is 0.877. The summed E-state index contributed by atoms with van der Waals surface area (Å²) in [5, 5.41) is 10.2. The van der Waals surface area contributed by atoms with Crippen molar-refractivity contribution in [3.05, 3.63) is 54.1 Å². The smallest absolute Gasteiger partial charge is 0.137 e. The fourth-order valence-electron chi connectivity index (χ4n) is 1.59. The molecule has 4 heteroatoms. The summed E-state index contributed by atoms with van der Waals surface area (Å²) in [6.45, 7) is 2.69. The molecule has 0 aliphatic rings. The molecular weight excluding hydrogens is 228 g/mol. The van der Waals surface area contributed by atoms with Crippen molar-refractivity contribution < 1.29 is 9.84 Å². The van der Waals surface area contributed by atoms with Gasteiger partial charge in [-0.1, -0.05) is 13.0 Å². The van der Waals surface area contributed by atoms with Crippen molar-refractivity contribution in [2.75, 3.05) is 6.61 Å². The van der Waals surface area contributed by atoms with Crippen LogP contribution in [-0.4, -0.2) is 21.7 Å². The Morgan fingerprint density at radius 3 is 2.94 bits per heavy atom. The van der Waals surface area contributed by atoms with E-state index in [2.05, 4.69) is 9.97 Å². The third-order valence-electron chi connectivity index (χ3n) is 2.49. The van der Waals surface area contributed by atoms with E-state index < -0.39 is 6.10 Å². The van der Waals surface area contributed by atoms with Gasteiger partial charge >= 0.3 is 0 Å². The lowest BCUT2D eigenvalue weighted by Crippen LogP contribution is -2.03. The van der Waals surface area contributed by atoms with Crippen LogP contribution in [0, 0.1) is 0 Å². The molecule has 0 fully saturated rings. The molecular formula is C14H16N2O2. The first-order chi connectivity index (χ1) is 8.81. The van der Waals surface area contributed by atoms with Crippen molar-refractivity contribution in [1.29, 1.82) is 0 Å². The summed E-state index contributed by atoms with van der Waals surface area (Å²) in [5.41, 5.74) is 1.29. The zero-order chi connectivity index (χ0) is 12.8. The molecule has 2 rings (SSSR count). The van der Waals surface area contributed by atoms with E-state index in [9.17, 15) is 5.11 Å². The molecule has 2 aromatic rings. The monoisotopic (exact) mass is 244 g/mol. The summed E-state index contributed by atoms with van der Waals surface area (Å²) >= 11 is 0. The summed E-state index contributed by atoms with van der Waals surface area (Å²) in [6.07, 6.45) is 5.09. The second-order valence-corrected chi connectivity index (χ2v) is 3.96. The molecule has 0 aliphatic heterocycles. The number of aliphatic hydroxyl groups is 1. The van der Waals surface area contributed by atoms with Gasteiger partial charge in [0.25, 0.3) is 0 Å². The van der Waals surface area contributed by atoms with Crippen LogP contribution < -0.4 is 4.74 Å². The highest BCUT2D eigenvalue weighted by molar-refractivity contribution is 5.29. The Bertz CT molecular complexity index is 488. The third kappa shape index (κ3) is 3.05. The van der Waals surface area contributed by atoms with Gasteiger partial charge in [-0.3, -0.25) is 9.97 Å². The van der Waals surface area contributed by atoms with Gasteiger partial charge in [-0.2, -0.15) is 0 Å². The summed E-state index contributed by atoms with van der Waals surface area (Å²) in [6, 6.07) is 7.23. The molecule has 1 unspecified atom stereocenters. The Hall–Kier alpha value is -1.94. The number of aromatic nitrogens is 2. The standard InChI is InChI=1S/C14H16N2O2/c1-2-7-18-12-8-11(9-15-10-12)14(17)13-5-3-4-6-16-13/h3-6,8-10,14,17H,2,7H2,1H3. The van der Waals surface area contributed by atoms with E-state index in [4.69, 9.17) is 4.74 Å². The molecule has 0 spiro atoms. The van der Waals surface area contributed by atoms with Gasteiger partial charge in [-0.25, -0.2) is 0 Å². The number of aliphatic hydroxyl groups excluding tert-OH is 1. The molecule has 0 saturated heterocycles.